The number of amides is 1. The summed E-state index contributed by atoms with van der Waals surface area (Å²) in [5.74, 6) is -1.54. The molecule has 1 rings (SSSR count). The Morgan fingerprint density at radius 1 is 1.69 bits per heavy atom. The van der Waals surface area contributed by atoms with Gasteiger partial charge < -0.3 is 14.5 Å². The first kappa shape index (κ1) is 9.24. The highest BCUT2D eigenvalue weighted by Crippen LogP contribution is 2.00. The van der Waals surface area contributed by atoms with Crippen molar-refractivity contribution in [3.05, 3.63) is 18.0 Å². The lowest BCUT2D eigenvalue weighted by Crippen LogP contribution is -2.31. The van der Waals surface area contributed by atoms with Gasteiger partial charge >= 0.3 is 5.97 Å². The summed E-state index contributed by atoms with van der Waals surface area (Å²) in [5.41, 5.74) is 0. The number of aromatic nitrogens is 1. The molecule has 0 atom stereocenters. The van der Waals surface area contributed by atoms with E-state index in [2.05, 4.69) is 9.68 Å². The van der Waals surface area contributed by atoms with Crippen molar-refractivity contribution in [2.75, 3.05) is 13.6 Å². The van der Waals surface area contributed by atoms with Crippen LogP contribution < -0.4 is 0 Å². The third-order valence-corrected chi connectivity index (χ3v) is 1.37. The van der Waals surface area contributed by atoms with E-state index in [0.29, 0.717) is 0 Å². The van der Waals surface area contributed by atoms with Crippen molar-refractivity contribution < 1.29 is 19.2 Å². The maximum atomic E-state index is 11.3. The number of hydrogen-bond acceptors (Lipinski definition) is 4. The minimum absolute atomic E-state index is 0.0313. The summed E-state index contributed by atoms with van der Waals surface area (Å²) >= 11 is 0. The van der Waals surface area contributed by atoms with Crippen LogP contribution in [0.5, 0.6) is 0 Å². The number of nitrogens with zero attached hydrogens (tertiary/aromatic N) is 2. The number of carboxylic acids is 1. The maximum absolute atomic E-state index is 11.3. The van der Waals surface area contributed by atoms with Crippen LogP contribution in [-0.4, -0.2) is 40.6 Å². The fourth-order valence-corrected chi connectivity index (χ4v) is 0.789. The summed E-state index contributed by atoms with van der Waals surface area (Å²) in [5, 5.41) is 11.7. The molecule has 0 unspecified atom stereocenters. The largest absolute Gasteiger partial charge is 0.480 e. The second kappa shape index (κ2) is 3.70. The van der Waals surface area contributed by atoms with Gasteiger partial charge in [-0.3, -0.25) is 9.59 Å². The predicted octanol–water partition coefficient (Wildman–Crippen LogP) is -0.169. The zero-order valence-electron chi connectivity index (χ0n) is 6.93. The lowest BCUT2D eigenvalue weighted by atomic mass is 10.4. The first-order valence-electron chi connectivity index (χ1n) is 3.49. The Balaban J connectivity index is 2.63. The minimum atomic E-state index is -1.07. The Hall–Kier alpha value is -1.85. The molecule has 0 aliphatic heterocycles. The molecule has 0 aliphatic rings. The summed E-state index contributed by atoms with van der Waals surface area (Å²) in [7, 11) is 1.37. The first-order valence-corrected chi connectivity index (χ1v) is 3.49. The molecular weight excluding hydrogens is 176 g/mol. The highest BCUT2D eigenvalue weighted by molar-refractivity contribution is 5.92. The molecule has 6 nitrogen and oxygen atoms in total. The molecule has 13 heavy (non-hydrogen) atoms. The van der Waals surface area contributed by atoms with Crippen LogP contribution in [0.25, 0.3) is 0 Å². The molecule has 0 fully saturated rings. The van der Waals surface area contributed by atoms with E-state index in [1.165, 1.54) is 19.3 Å². The van der Waals surface area contributed by atoms with E-state index < -0.39 is 11.9 Å². The van der Waals surface area contributed by atoms with Crippen molar-refractivity contribution in [1.29, 1.82) is 0 Å². The van der Waals surface area contributed by atoms with Crippen molar-refractivity contribution in [3.8, 4) is 0 Å². The highest BCUT2D eigenvalue weighted by atomic mass is 16.5. The predicted molar refractivity (Wildman–Crippen MR) is 41.1 cm³/mol. The van der Waals surface area contributed by atoms with E-state index in [9.17, 15) is 9.59 Å². The molecule has 6 heteroatoms. The Morgan fingerprint density at radius 2 is 2.38 bits per heavy atom. The van der Waals surface area contributed by atoms with E-state index in [1.807, 2.05) is 0 Å². The molecule has 1 amide bonds. The van der Waals surface area contributed by atoms with E-state index in [-0.39, 0.29) is 12.3 Å². The fourth-order valence-electron chi connectivity index (χ4n) is 0.789. The topological polar surface area (TPSA) is 83.6 Å². The maximum Gasteiger partial charge on any atom is 0.323 e. The third kappa shape index (κ3) is 2.29. The average molecular weight is 184 g/mol. The molecule has 1 aromatic heterocycles. The van der Waals surface area contributed by atoms with E-state index in [1.54, 1.807) is 0 Å². The number of aliphatic carboxylic acids is 1. The van der Waals surface area contributed by atoms with E-state index >= 15 is 0 Å². The van der Waals surface area contributed by atoms with Crippen molar-refractivity contribution in [1.82, 2.24) is 10.1 Å². The zero-order chi connectivity index (χ0) is 9.84. The Morgan fingerprint density at radius 3 is 2.85 bits per heavy atom. The second-order valence-electron chi connectivity index (χ2n) is 2.43. The van der Waals surface area contributed by atoms with Crippen LogP contribution in [0.1, 0.15) is 10.6 Å². The summed E-state index contributed by atoms with van der Waals surface area (Å²) in [6.45, 7) is -0.362. The SMILES string of the molecule is CN(CC(=O)O)C(=O)c1ccno1. The van der Waals surface area contributed by atoms with Gasteiger partial charge in [-0.15, -0.1) is 0 Å². The molecular formula is C7H8N2O4. The molecule has 70 valence electrons. The van der Waals surface area contributed by atoms with Crippen LogP contribution in [0, 0.1) is 0 Å². The summed E-state index contributed by atoms with van der Waals surface area (Å²) in [6, 6.07) is 1.38. The number of likely N-dealkylation sites (N-methyl/N-ethyl adjacent to an activating group) is 1. The van der Waals surface area contributed by atoms with Gasteiger partial charge in [0.2, 0.25) is 5.76 Å². The van der Waals surface area contributed by atoms with Gasteiger partial charge in [0.05, 0.1) is 6.20 Å². The molecule has 0 saturated heterocycles. The number of carbonyl (C=O) groups is 2. The number of rotatable bonds is 3. The van der Waals surface area contributed by atoms with Gasteiger partial charge in [0, 0.05) is 13.1 Å². The van der Waals surface area contributed by atoms with E-state index in [0.717, 1.165) is 4.90 Å². The van der Waals surface area contributed by atoms with Crippen LogP contribution >= 0.6 is 0 Å². The Kier molecular flexibility index (Phi) is 2.63. The zero-order valence-corrected chi connectivity index (χ0v) is 6.93. The standard InChI is InChI=1S/C7H8N2O4/c1-9(4-6(10)11)7(12)5-2-3-8-13-5/h2-3H,4H2,1H3,(H,10,11). The summed E-state index contributed by atoms with van der Waals surface area (Å²) in [6.07, 6.45) is 1.32. The van der Waals surface area contributed by atoms with Gasteiger partial charge in [0.25, 0.3) is 5.91 Å². The van der Waals surface area contributed by atoms with Gasteiger partial charge in [-0.05, 0) is 0 Å². The third-order valence-electron chi connectivity index (χ3n) is 1.37. The monoisotopic (exact) mass is 184 g/mol. The van der Waals surface area contributed by atoms with Crippen molar-refractivity contribution in [3.63, 3.8) is 0 Å². The van der Waals surface area contributed by atoms with Gasteiger partial charge in [0.1, 0.15) is 6.54 Å². The van der Waals surface area contributed by atoms with Gasteiger partial charge in [-0.2, -0.15) is 0 Å². The van der Waals surface area contributed by atoms with Crippen LogP contribution in [0.4, 0.5) is 0 Å². The molecule has 1 aromatic rings. The highest BCUT2D eigenvalue weighted by Gasteiger charge is 2.16. The quantitative estimate of drug-likeness (QED) is 0.705. The number of hydrogen-bond donors (Lipinski definition) is 1. The summed E-state index contributed by atoms with van der Waals surface area (Å²) < 4.78 is 4.56. The minimum Gasteiger partial charge on any atom is -0.480 e. The fraction of sp³-hybridized carbons (Fsp3) is 0.286. The molecule has 1 N–H and O–H groups in total. The first-order chi connectivity index (χ1) is 6.11. The normalized spacial score (nSPS) is 9.62. The van der Waals surface area contributed by atoms with Crippen LogP contribution in [0.15, 0.2) is 16.8 Å². The molecule has 0 saturated carbocycles. The lowest BCUT2D eigenvalue weighted by molar-refractivity contribution is -0.137. The Labute approximate surface area is 73.7 Å². The van der Waals surface area contributed by atoms with Crippen LogP contribution in [0.2, 0.25) is 0 Å². The molecule has 0 aromatic carbocycles. The number of carboxylic acid groups (broad SMARTS) is 1. The smallest absolute Gasteiger partial charge is 0.323 e. The molecule has 0 spiro atoms. The van der Waals surface area contributed by atoms with Gasteiger partial charge in [0.15, 0.2) is 0 Å². The second-order valence-corrected chi connectivity index (χ2v) is 2.43. The van der Waals surface area contributed by atoms with Crippen LogP contribution in [0.3, 0.4) is 0 Å². The lowest BCUT2D eigenvalue weighted by Gasteiger charge is -2.11. The molecule has 0 radical (unpaired) electrons. The Bertz CT molecular complexity index is 306. The molecule has 1 heterocycles. The van der Waals surface area contributed by atoms with Gasteiger partial charge in [-0.25, -0.2) is 0 Å². The number of carbonyl (C=O) groups excluding carboxylic acids is 1. The summed E-state index contributed by atoms with van der Waals surface area (Å²) in [4.78, 5) is 22.5. The molecule has 0 bridgehead atoms. The van der Waals surface area contributed by atoms with Crippen molar-refractivity contribution in [2.45, 2.75) is 0 Å². The van der Waals surface area contributed by atoms with Crippen molar-refractivity contribution >= 4 is 11.9 Å². The van der Waals surface area contributed by atoms with Gasteiger partial charge in [-0.1, -0.05) is 5.16 Å². The van der Waals surface area contributed by atoms with Crippen LogP contribution in [-0.2, 0) is 4.79 Å². The van der Waals surface area contributed by atoms with E-state index in [4.69, 9.17) is 5.11 Å². The average Bonchev–Trinajstić information content (AvgIpc) is 2.53. The molecule has 0 aliphatic carbocycles. The van der Waals surface area contributed by atoms with Crippen molar-refractivity contribution in [2.24, 2.45) is 0 Å².